The molecule has 2 aromatic rings. The molecule has 0 radical (unpaired) electrons. The number of rotatable bonds is 5. The predicted molar refractivity (Wildman–Crippen MR) is 134 cm³/mol. The number of epoxide rings is 1. The number of oxime groups is 1. The van der Waals surface area contributed by atoms with E-state index in [9.17, 15) is 19.8 Å². The predicted octanol–water partition coefficient (Wildman–Crippen LogP) is 3.21. The number of cyclic esters (lactones) is 1. The molecule has 10 nitrogen and oxygen atoms in total. The van der Waals surface area contributed by atoms with Crippen LogP contribution in [0.4, 0.5) is 0 Å². The van der Waals surface area contributed by atoms with E-state index < -0.39 is 29.5 Å². The van der Waals surface area contributed by atoms with Crippen LogP contribution in [0.5, 0.6) is 11.5 Å². The van der Waals surface area contributed by atoms with E-state index in [1.807, 2.05) is 12.1 Å². The Kier molecular flexibility index (Phi) is 8.42. The van der Waals surface area contributed by atoms with Crippen LogP contribution in [0.1, 0.15) is 34.8 Å². The molecule has 194 valence electrons. The third kappa shape index (κ3) is 7.08. The van der Waals surface area contributed by atoms with Crippen LogP contribution in [0, 0.1) is 0 Å². The van der Waals surface area contributed by atoms with E-state index >= 15 is 0 Å². The number of aromatic hydroxyl groups is 2. The summed E-state index contributed by atoms with van der Waals surface area (Å²) in [5.41, 5.74) is 1.01. The number of phenolic OH excluding ortho intramolecular Hbond substituents is 2. The Morgan fingerprint density at radius 3 is 2.95 bits per heavy atom. The molecule has 1 aromatic carbocycles. The Morgan fingerprint density at radius 2 is 2.16 bits per heavy atom. The smallest absolute Gasteiger partial charge is 0.342 e. The molecule has 0 aliphatic carbocycles. The van der Waals surface area contributed by atoms with Gasteiger partial charge in [-0.15, -0.1) is 0 Å². The third-order valence-corrected chi connectivity index (χ3v) is 6.09. The lowest BCUT2D eigenvalue weighted by molar-refractivity contribution is -0.125. The molecule has 11 heteroatoms. The number of phenols is 2. The number of halogens is 1. The summed E-state index contributed by atoms with van der Waals surface area (Å²) in [6.07, 6.45) is 9.93. The maximum absolute atomic E-state index is 13.0. The number of carbonyl (C=O) groups is 2. The minimum Gasteiger partial charge on any atom is -0.507 e. The van der Waals surface area contributed by atoms with Crippen LogP contribution in [0.25, 0.3) is 0 Å². The Balaban J connectivity index is 1.55. The monoisotopic (exact) mass is 527 g/mol. The third-order valence-electron chi connectivity index (χ3n) is 5.67. The molecule has 3 N–H and O–H groups in total. The quantitative estimate of drug-likeness (QED) is 0.305. The van der Waals surface area contributed by atoms with Crippen LogP contribution < -0.4 is 5.32 Å². The van der Waals surface area contributed by atoms with E-state index in [2.05, 4.69) is 15.5 Å². The lowest BCUT2D eigenvalue weighted by Crippen LogP contribution is -2.26. The molecule has 2 aliphatic rings. The van der Waals surface area contributed by atoms with Crippen molar-refractivity contribution >= 4 is 29.2 Å². The Morgan fingerprint density at radius 1 is 1.32 bits per heavy atom. The van der Waals surface area contributed by atoms with Crippen molar-refractivity contribution in [2.75, 3.05) is 6.61 Å². The average Bonchev–Trinajstić information content (AvgIpc) is 3.60. The van der Waals surface area contributed by atoms with Gasteiger partial charge in [0, 0.05) is 37.8 Å². The van der Waals surface area contributed by atoms with E-state index in [1.165, 1.54) is 0 Å². The van der Waals surface area contributed by atoms with E-state index in [0.717, 1.165) is 11.6 Å². The highest BCUT2D eigenvalue weighted by molar-refractivity contribution is 6.33. The molecule has 2 aliphatic heterocycles. The van der Waals surface area contributed by atoms with E-state index in [4.69, 9.17) is 25.9 Å². The molecule has 3 atom stereocenters. The number of pyridine rings is 1. The Labute approximate surface area is 218 Å². The molecule has 1 saturated heterocycles. The first-order valence-corrected chi connectivity index (χ1v) is 12.0. The molecule has 1 amide bonds. The lowest BCUT2D eigenvalue weighted by atomic mass is 9.99. The zero-order valence-electron chi connectivity index (χ0n) is 20.0. The minimum atomic E-state index is -0.800. The topological polar surface area (TPSA) is 143 Å². The molecule has 0 bridgehead atoms. The van der Waals surface area contributed by atoms with Gasteiger partial charge in [-0.3, -0.25) is 9.78 Å². The molecule has 37 heavy (non-hydrogen) atoms. The number of nitrogens with one attached hydrogen (secondary N) is 1. The fourth-order valence-electron chi connectivity index (χ4n) is 3.78. The second kappa shape index (κ2) is 11.9. The van der Waals surface area contributed by atoms with Crippen LogP contribution in [-0.4, -0.2) is 57.7 Å². The van der Waals surface area contributed by atoms with Crippen molar-refractivity contribution < 1.29 is 34.1 Å². The number of hydrogen-bond donors (Lipinski definition) is 3. The van der Waals surface area contributed by atoms with E-state index in [0.29, 0.717) is 6.42 Å². The number of amides is 1. The van der Waals surface area contributed by atoms with E-state index in [-0.39, 0.29) is 53.6 Å². The highest BCUT2D eigenvalue weighted by Crippen LogP contribution is 2.38. The summed E-state index contributed by atoms with van der Waals surface area (Å²) in [6, 6.07) is 4.58. The van der Waals surface area contributed by atoms with Crippen LogP contribution in [0.3, 0.4) is 0 Å². The van der Waals surface area contributed by atoms with Crippen LogP contribution in [-0.2, 0) is 32.1 Å². The van der Waals surface area contributed by atoms with Crippen molar-refractivity contribution in [2.45, 2.75) is 44.6 Å². The van der Waals surface area contributed by atoms with Gasteiger partial charge in [-0.1, -0.05) is 41.1 Å². The first-order valence-electron chi connectivity index (χ1n) is 11.6. The summed E-state index contributed by atoms with van der Waals surface area (Å²) in [7, 11) is 0. The molecule has 3 heterocycles. The highest BCUT2D eigenvalue weighted by atomic mass is 35.5. The number of benzene rings is 1. The van der Waals surface area contributed by atoms with Crippen molar-refractivity contribution in [3.63, 3.8) is 0 Å². The summed E-state index contributed by atoms with van der Waals surface area (Å²) in [6.45, 7) is 1.64. The Hall–Kier alpha value is -3.89. The molecule has 1 fully saturated rings. The minimum absolute atomic E-state index is 0.0893. The fourth-order valence-corrected chi connectivity index (χ4v) is 4.00. The van der Waals surface area contributed by atoms with E-state index in [1.54, 1.807) is 43.6 Å². The number of hydrogen-bond acceptors (Lipinski definition) is 9. The molecule has 0 spiro atoms. The Bertz CT molecular complexity index is 1250. The summed E-state index contributed by atoms with van der Waals surface area (Å²) in [5, 5.41) is 27.2. The number of aromatic nitrogens is 1. The van der Waals surface area contributed by atoms with Crippen molar-refractivity contribution in [2.24, 2.45) is 5.16 Å². The number of esters is 1. The number of fused-ring (bicyclic) bond motifs is 2. The zero-order valence-corrected chi connectivity index (χ0v) is 20.7. The van der Waals surface area contributed by atoms with Gasteiger partial charge in [0.15, 0.2) is 6.61 Å². The van der Waals surface area contributed by atoms with Gasteiger partial charge in [0.1, 0.15) is 29.3 Å². The van der Waals surface area contributed by atoms with Crippen molar-refractivity contribution in [1.82, 2.24) is 10.3 Å². The zero-order chi connectivity index (χ0) is 26.4. The first kappa shape index (κ1) is 26.2. The van der Waals surface area contributed by atoms with Gasteiger partial charge in [0.25, 0.3) is 5.91 Å². The van der Waals surface area contributed by atoms with Gasteiger partial charge in [-0.25, -0.2) is 4.79 Å². The number of carbonyl (C=O) groups excluding carboxylic acids is 2. The maximum Gasteiger partial charge on any atom is 0.342 e. The van der Waals surface area contributed by atoms with Crippen LogP contribution in [0.2, 0.25) is 5.02 Å². The largest absolute Gasteiger partial charge is 0.507 e. The van der Waals surface area contributed by atoms with Crippen molar-refractivity contribution in [3.05, 3.63) is 76.6 Å². The second-order valence-corrected chi connectivity index (χ2v) is 8.97. The van der Waals surface area contributed by atoms with Crippen LogP contribution in [0.15, 0.2) is 60.1 Å². The van der Waals surface area contributed by atoms with Gasteiger partial charge in [0.2, 0.25) is 0 Å². The second-order valence-electron chi connectivity index (χ2n) is 8.59. The van der Waals surface area contributed by atoms with Gasteiger partial charge >= 0.3 is 5.97 Å². The van der Waals surface area contributed by atoms with Gasteiger partial charge in [-0.05, 0) is 30.2 Å². The summed E-state index contributed by atoms with van der Waals surface area (Å²) in [5.74, 6) is -2.10. The van der Waals surface area contributed by atoms with Gasteiger partial charge in [0.05, 0.1) is 16.8 Å². The average molecular weight is 528 g/mol. The number of allylic oxidation sites excluding steroid dienone is 3. The molecule has 1 aromatic heterocycles. The fraction of sp³-hybridized carbons (Fsp3) is 0.308. The van der Waals surface area contributed by atoms with Crippen molar-refractivity contribution in [3.8, 4) is 11.5 Å². The first-order chi connectivity index (χ1) is 17.8. The lowest BCUT2D eigenvalue weighted by Gasteiger charge is -2.17. The normalized spacial score (nSPS) is 24.1. The summed E-state index contributed by atoms with van der Waals surface area (Å²) >= 11 is 6.32. The number of nitrogens with zero attached hydrogens (tertiary/aromatic N) is 2. The molecular weight excluding hydrogens is 502 g/mol. The van der Waals surface area contributed by atoms with Crippen LogP contribution >= 0.6 is 11.6 Å². The SMILES string of the molecule is C[C@@H]1C[C@H]2O[C@@H]2/C=C/C=C/C(=N\OCC(=O)NCc2cccnc2)Cc2c(Cl)c(O)cc(O)c2C(=O)O1. The number of ether oxygens (including phenoxy) is 2. The standard InChI is InChI=1S/C26H26ClN3O7/c1-15-9-22-21(37-22)7-3-2-6-17(30-35-14-23(33)29-13-16-5-4-8-28-12-16)10-18-24(26(34)36-15)19(31)11-20(32)25(18)27/h2-8,11-12,15,21-22,31-32H,9-10,13-14H2,1H3,(H,29,33)/b6-2+,7-3+,30-17+/t15-,21-,22-/m1/s1. The highest BCUT2D eigenvalue weighted by Gasteiger charge is 2.38. The summed E-state index contributed by atoms with van der Waals surface area (Å²) in [4.78, 5) is 34.4. The van der Waals surface area contributed by atoms with Gasteiger partial charge < -0.3 is 29.8 Å². The summed E-state index contributed by atoms with van der Waals surface area (Å²) < 4.78 is 11.1. The molecule has 4 rings (SSSR count). The molecular formula is C26H26ClN3O7. The molecule has 0 unspecified atom stereocenters. The van der Waals surface area contributed by atoms with Crippen molar-refractivity contribution in [1.29, 1.82) is 0 Å². The van der Waals surface area contributed by atoms with Gasteiger partial charge in [-0.2, -0.15) is 0 Å². The molecule has 0 saturated carbocycles. The maximum atomic E-state index is 13.0.